The van der Waals surface area contributed by atoms with Crippen LogP contribution in [0.15, 0.2) is 76.1 Å². The molecule has 0 radical (unpaired) electrons. The number of benzene rings is 3. The van der Waals surface area contributed by atoms with Crippen molar-refractivity contribution < 1.29 is 27.5 Å². The van der Waals surface area contributed by atoms with Gasteiger partial charge in [-0.05, 0) is 76.6 Å². The maximum Gasteiger partial charge on any atom is 0.264 e. The van der Waals surface area contributed by atoms with Crippen molar-refractivity contribution in [1.29, 1.82) is 0 Å². The van der Waals surface area contributed by atoms with Crippen LogP contribution in [0.3, 0.4) is 0 Å². The second kappa shape index (κ2) is 13.6. The van der Waals surface area contributed by atoms with Crippen molar-refractivity contribution in [3.05, 3.63) is 82.3 Å². The number of sulfonamides is 1. The fourth-order valence-electron chi connectivity index (χ4n) is 4.19. The maximum atomic E-state index is 14.2. The fourth-order valence-corrected chi connectivity index (χ4v) is 5.87. The van der Waals surface area contributed by atoms with E-state index in [1.807, 2.05) is 52.0 Å². The third-order valence-corrected chi connectivity index (χ3v) is 8.78. The van der Waals surface area contributed by atoms with E-state index in [9.17, 15) is 18.0 Å². The van der Waals surface area contributed by atoms with Gasteiger partial charge in [-0.3, -0.25) is 13.9 Å². The van der Waals surface area contributed by atoms with Crippen LogP contribution in [0, 0.1) is 6.92 Å². The molecule has 3 aromatic rings. The number of nitrogens with zero attached hydrogens (tertiary/aromatic N) is 2. The van der Waals surface area contributed by atoms with E-state index in [0.29, 0.717) is 5.75 Å². The number of hydrogen-bond acceptors (Lipinski definition) is 6. The van der Waals surface area contributed by atoms with Crippen LogP contribution in [0.4, 0.5) is 5.69 Å². The molecule has 3 aromatic carbocycles. The summed E-state index contributed by atoms with van der Waals surface area (Å²) in [7, 11) is -1.38. The molecule has 9 nitrogen and oxygen atoms in total. The minimum atomic E-state index is -4.27. The molecule has 0 heterocycles. The molecule has 1 atom stereocenters. The molecule has 0 bridgehead atoms. The summed E-state index contributed by atoms with van der Waals surface area (Å²) in [6.07, 6.45) is 0. The Bertz CT molecular complexity index is 1500. The molecule has 0 aromatic heterocycles. The number of aryl methyl sites for hydroxylation is 1. The minimum absolute atomic E-state index is 0.00348. The van der Waals surface area contributed by atoms with Gasteiger partial charge < -0.3 is 19.7 Å². The van der Waals surface area contributed by atoms with Crippen molar-refractivity contribution >= 4 is 43.5 Å². The number of carbonyl (C=O) groups excluding carboxylic acids is 2. The highest BCUT2D eigenvalue weighted by Gasteiger charge is 2.34. The van der Waals surface area contributed by atoms with Gasteiger partial charge in [-0.2, -0.15) is 0 Å². The van der Waals surface area contributed by atoms with Gasteiger partial charge in [-0.25, -0.2) is 8.42 Å². The summed E-state index contributed by atoms with van der Waals surface area (Å²) >= 11 is 3.42. The first kappa shape index (κ1) is 32.9. The summed E-state index contributed by atoms with van der Waals surface area (Å²) in [5, 5.41) is 2.92. The molecule has 0 aliphatic rings. The molecule has 226 valence electrons. The van der Waals surface area contributed by atoms with Crippen LogP contribution in [0.2, 0.25) is 0 Å². The Hall–Kier alpha value is -3.57. The predicted octanol–water partition coefficient (Wildman–Crippen LogP) is 5.30. The summed E-state index contributed by atoms with van der Waals surface area (Å²) in [6, 6.07) is 17.5. The Morgan fingerprint density at radius 3 is 2.12 bits per heavy atom. The zero-order chi connectivity index (χ0) is 31.2. The van der Waals surface area contributed by atoms with Gasteiger partial charge in [0, 0.05) is 22.6 Å². The lowest BCUT2D eigenvalue weighted by molar-refractivity contribution is -0.140. The number of carbonyl (C=O) groups is 2. The first-order chi connectivity index (χ1) is 19.7. The van der Waals surface area contributed by atoms with E-state index in [-0.39, 0.29) is 28.8 Å². The van der Waals surface area contributed by atoms with Crippen molar-refractivity contribution in [3.8, 4) is 11.5 Å². The average molecular weight is 661 g/mol. The van der Waals surface area contributed by atoms with E-state index in [4.69, 9.17) is 9.47 Å². The van der Waals surface area contributed by atoms with Gasteiger partial charge in [-0.1, -0.05) is 45.8 Å². The molecule has 0 fully saturated rings. The van der Waals surface area contributed by atoms with Crippen LogP contribution in [-0.2, 0) is 26.2 Å². The highest BCUT2D eigenvalue weighted by molar-refractivity contribution is 9.10. The zero-order valence-electron chi connectivity index (χ0n) is 25.0. The molecule has 0 spiro atoms. The number of anilines is 1. The highest BCUT2D eigenvalue weighted by atomic mass is 79.9. The molecule has 11 heteroatoms. The number of amides is 2. The van der Waals surface area contributed by atoms with Crippen molar-refractivity contribution in [2.75, 3.05) is 25.1 Å². The number of rotatable bonds is 11. The topological polar surface area (TPSA) is 105 Å². The number of halogens is 1. The van der Waals surface area contributed by atoms with Crippen LogP contribution >= 0.6 is 15.9 Å². The average Bonchev–Trinajstić information content (AvgIpc) is 2.94. The standard InChI is InChI=1S/C31H38BrN3O6S/c1-21-8-15-26(16-9-21)42(38,39)35(27-18-25(40-6)14-17-28(27)41-7)20-29(36)34(19-23-10-12-24(32)13-11-23)22(2)30(37)33-31(3,4)5/h8-18,22H,19-20H2,1-7H3,(H,33,37)/t22-/m0/s1. The number of hydrogen-bond donors (Lipinski definition) is 1. The van der Waals surface area contributed by atoms with Gasteiger partial charge in [0.1, 0.15) is 24.1 Å². The van der Waals surface area contributed by atoms with Crippen LogP contribution in [0.25, 0.3) is 0 Å². The lowest BCUT2D eigenvalue weighted by Crippen LogP contribution is -2.54. The molecular weight excluding hydrogens is 622 g/mol. The zero-order valence-corrected chi connectivity index (χ0v) is 27.4. The quantitative estimate of drug-likeness (QED) is 0.299. The fraction of sp³-hybridized carbons (Fsp3) is 0.355. The highest BCUT2D eigenvalue weighted by Crippen LogP contribution is 2.36. The van der Waals surface area contributed by atoms with Gasteiger partial charge in [0.25, 0.3) is 10.0 Å². The minimum Gasteiger partial charge on any atom is -0.497 e. The van der Waals surface area contributed by atoms with Gasteiger partial charge in [0.15, 0.2) is 0 Å². The largest absolute Gasteiger partial charge is 0.497 e. The van der Waals surface area contributed by atoms with E-state index in [1.165, 1.54) is 37.3 Å². The summed E-state index contributed by atoms with van der Waals surface area (Å²) < 4.78 is 41.0. The molecule has 0 aliphatic heterocycles. The second-order valence-electron chi connectivity index (χ2n) is 10.9. The van der Waals surface area contributed by atoms with Crippen LogP contribution in [-0.4, -0.2) is 57.5 Å². The molecule has 42 heavy (non-hydrogen) atoms. The normalized spacial score (nSPS) is 12.3. The number of methoxy groups -OCH3 is 2. The van der Waals surface area contributed by atoms with E-state index >= 15 is 0 Å². The number of nitrogens with one attached hydrogen (secondary N) is 1. The summed E-state index contributed by atoms with van der Waals surface area (Å²) in [4.78, 5) is 28.8. The molecule has 2 amide bonds. The van der Waals surface area contributed by atoms with Gasteiger partial charge >= 0.3 is 0 Å². The van der Waals surface area contributed by atoms with Crippen molar-refractivity contribution in [2.45, 2.75) is 57.6 Å². The third kappa shape index (κ3) is 8.25. The summed E-state index contributed by atoms with van der Waals surface area (Å²) in [5.74, 6) is -0.320. The Morgan fingerprint density at radius 1 is 0.952 bits per heavy atom. The molecular formula is C31H38BrN3O6S. The Kier molecular flexibility index (Phi) is 10.7. The van der Waals surface area contributed by atoms with E-state index in [0.717, 1.165) is 19.9 Å². The van der Waals surface area contributed by atoms with Crippen LogP contribution < -0.4 is 19.1 Å². The van der Waals surface area contributed by atoms with Gasteiger partial charge in [0.2, 0.25) is 11.8 Å². The van der Waals surface area contributed by atoms with Crippen molar-refractivity contribution in [1.82, 2.24) is 10.2 Å². The van der Waals surface area contributed by atoms with Crippen molar-refractivity contribution in [3.63, 3.8) is 0 Å². The van der Waals surface area contributed by atoms with Gasteiger partial charge in [0.05, 0.1) is 24.8 Å². The van der Waals surface area contributed by atoms with Crippen molar-refractivity contribution in [2.24, 2.45) is 0 Å². The first-order valence-corrected chi connectivity index (χ1v) is 15.6. The Morgan fingerprint density at radius 2 is 1.57 bits per heavy atom. The second-order valence-corrected chi connectivity index (χ2v) is 13.7. The summed E-state index contributed by atoms with van der Waals surface area (Å²) in [6.45, 7) is 8.52. The molecule has 1 N–H and O–H groups in total. The van der Waals surface area contributed by atoms with E-state index in [2.05, 4.69) is 21.2 Å². The van der Waals surface area contributed by atoms with Gasteiger partial charge in [-0.15, -0.1) is 0 Å². The molecule has 0 saturated carbocycles. The lowest BCUT2D eigenvalue weighted by atomic mass is 10.1. The smallest absolute Gasteiger partial charge is 0.264 e. The lowest BCUT2D eigenvalue weighted by Gasteiger charge is -2.33. The van der Waals surface area contributed by atoms with Crippen LogP contribution in [0.5, 0.6) is 11.5 Å². The molecule has 3 rings (SSSR count). The monoisotopic (exact) mass is 659 g/mol. The van der Waals surface area contributed by atoms with Crippen LogP contribution in [0.1, 0.15) is 38.8 Å². The molecule has 0 aliphatic carbocycles. The first-order valence-electron chi connectivity index (χ1n) is 13.3. The maximum absolute atomic E-state index is 14.2. The Balaban J connectivity index is 2.12. The number of ether oxygens (including phenoxy) is 2. The third-order valence-electron chi connectivity index (χ3n) is 6.47. The molecule has 0 unspecified atom stereocenters. The predicted molar refractivity (Wildman–Crippen MR) is 167 cm³/mol. The van der Waals surface area contributed by atoms with E-state index < -0.39 is 34.1 Å². The SMILES string of the molecule is COc1ccc(OC)c(N(CC(=O)N(Cc2ccc(Br)cc2)[C@@H](C)C(=O)NC(C)(C)C)S(=O)(=O)c2ccc(C)cc2)c1. The molecule has 0 saturated heterocycles. The summed E-state index contributed by atoms with van der Waals surface area (Å²) in [5.41, 5.74) is 1.25. The Labute approximate surface area is 257 Å². The van der Waals surface area contributed by atoms with E-state index in [1.54, 1.807) is 31.2 Å².